The molecule has 2 aromatic carbocycles. The molecule has 0 unspecified atom stereocenters. The van der Waals surface area contributed by atoms with Gasteiger partial charge in [0.25, 0.3) is 0 Å². The molecule has 0 fully saturated rings. The lowest BCUT2D eigenvalue weighted by atomic mass is 10.2. The van der Waals surface area contributed by atoms with Crippen LogP contribution in [0.5, 0.6) is 0 Å². The highest BCUT2D eigenvalue weighted by Gasteiger charge is 2.19. The van der Waals surface area contributed by atoms with Crippen LogP contribution >= 0.6 is 23.4 Å². The number of amides is 1. The monoisotopic (exact) mass is 440 g/mol. The lowest BCUT2D eigenvalue weighted by Crippen LogP contribution is -2.33. The molecule has 0 atom stereocenters. The number of halogens is 1. The number of rotatable bonds is 9. The van der Waals surface area contributed by atoms with Crippen LogP contribution in [0.25, 0.3) is 11.4 Å². The molecule has 3 aromatic rings. The number of hydrogen-bond acceptors (Lipinski definition) is 4. The number of nitrogens with zero attached hydrogens (tertiary/aromatic N) is 4. The largest absolute Gasteiger partial charge is 0.338 e. The summed E-state index contributed by atoms with van der Waals surface area (Å²) in [7, 11) is 0. The minimum Gasteiger partial charge on any atom is -0.338 e. The average Bonchev–Trinajstić information content (AvgIpc) is 3.13. The summed E-state index contributed by atoms with van der Waals surface area (Å²) in [4.78, 5) is 14.5. The van der Waals surface area contributed by atoms with E-state index in [1.807, 2.05) is 60.9 Å². The zero-order valence-electron chi connectivity index (χ0n) is 17.2. The topological polar surface area (TPSA) is 51.0 Å². The van der Waals surface area contributed by atoms with Crippen molar-refractivity contribution >= 4 is 29.3 Å². The lowest BCUT2D eigenvalue weighted by molar-refractivity contribution is -0.127. The van der Waals surface area contributed by atoms with Crippen molar-refractivity contribution in [1.29, 1.82) is 0 Å². The van der Waals surface area contributed by atoms with Crippen molar-refractivity contribution in [1.82, 2.24) is 19.7 Å². The molecule has 1 heterocycles. The third-order valence-electron chi connectivity index (χ3n) is 4.54. The van der Waals surface area contributed by atoms with E-state index in [2.05, 4.69) is 28.9 Å². The molecule has 30 heavy (non-hydrogen) atoms. The first kappa shape index (κ1) is 22.1. The number of likely N-dealkylation sites (N-methyl/N-ethyl adjacent to an activating group) is 1. The second kappa shape index (κ2) is 10.5. The van der Waals surface area contributed by atoms with Gasteiger partial charge in [0.2, 0.25) is 5.91 Å². The van der Waals surface area contributed by atoms with E-state index in [-0.39, 0.29) is 11.7 Å². The number of benzene rings is 2. The predicted molar refractivity (Wildman–Crippen MR) is 124 cm³/mol. The summed E-state index contributed by atoms with van der Waals surface area (Å²) >= 11 is 7.81. The van der Waals surface area contributed by atoms with E-state index >= 15 is 0 Å². The average molecular weight is 441 g/mol. The van der Waals surface area contributed by atoms with Crippen LogP contribution in [0.4, 0.5) is 0 Å². The van der Waals surface area contributed by atoms with Crippen molar-refractivity contribution in [2.24, 2.45) is 0 Å². The van der Waals surface area contributed by atoms with Crippen LogP contribution < -0.4 is 0 Å². The SMILES string of the molecule is C=C(C)CN(CC)C(=O)CSc1nnc(-c2ccccc2Cl)n1Cc1ccccc1. The Morgan fingerprint density at radius 1 is 1.13 bits per heavy atom. The van der Waals surface area contributed by atoms with Crippen LogP contribution in [0.1, 0.15) is 19.4 Å². The van der Waals surface area contributed by atoms with Gasteiger partial charge in [-0.2, -0.15) is 0 Å². The molecule has 3 rings (SSSR count). The minimum atomic E-state index is 0.0547. The van der Waals surface area contributed by atoms with E-state index in [1.165, 1.54) is 11.8 Å². The van der Waals surface area contributed by atoms with Gasteiger partial charge in [0.1, 0.15) is 0 Å². The molecule has 0 radical (unpaired) electrons. The van der Waals surface area contributed by atoms with Crippen molar-refractivity contribution in [2.75, 3.05) is 18.8 Å². The molecule has 0 saturated carbocycles. The number of thioether (sulfide) groups is 1. The summed E-state index contributed by atoms with van der Waals surface area (Å²) in [6, 6.07) is 17.7. The summed E-state index contributed by atoms with van der Waals surface area (Å²) in [6.07, 6.45) is 0. The highest BCUT2D eigenvalue weighted by Crippen LogP contribution is 2.30. The van der Waals surface area contributed by atoms with Crippen LogP contribution in [0.3, 0.4) is 0 Å². The fraction of sp³-hybridized carbons (Fsp3) is 0.261. The third-order valence-corrected chi connectivity index (χ3v) is 5.82. The van der Waals surface area contributed by atoms with E-state index in [9.17, 15) is 4.79 Å². The van der Waals surface area contributed by atoms with Crippen molar-refractivity contribution in [3.05, 3.63) is 77.3 Å². The second-order valence-electron chi connectivity index (χ2n) is 7.01. The molecule has 0 N–H and O–H groups in total. The highest BCUT2D eigenvalue weighted by molar-refractivity contribution is 7.99. The minimum absolute atomic E-state index is 0.0547. The van der Waals surface area contributed by atoms with Crippen LogP contribution in [0.15, 0.2) is 71.9 Å². The molecule has 0 saturated heterocycles. The maximum Gasteiger partial charge on any atom is 0.233 e. The molecule has 7 heteroatoms. The van der Waals surface area contributed by atoms with E-state index in [4.69, 9.17) is 11.6 Å². The quantitative estimate of drug-likeness (QED) is 0.340. The maximum atomic E-state index is 12.7. The standard InChI is InChI=1S/C23H25ClN4OS/c1-4-27(14-17(2)3)21(29)16-30-23-26-25-22(19-12-8-9-13-20(19)24)28(23)15-18-10-6-5-7-11-18/h5-13H,2,4,14-16H2,1,3H3. The van der Waals surface area contributed by atoms with E-state index in [0.29, 0.717) is 35.6 Å². The molecular weight excluding hydrogens is 416 g/mol. The van der Waals surface area contributed by atoms with Gasteiger partial charge in [-0.05, 0) is 31.5 Å². The maximum absolute atomic E-state index is 12.7. The Morgan fingerprint density at radius 2 is 1.83 bits per heavy atom. The van der Waals surface area contributed by atoms with Gasteiger partial charge in [0.15, 0.2) is 11.0 Å². The molecule has 1 amide bonds. The van der Waals surface area contributed by atoms with Gasteiger partial charge in [0, 0.05) is 18.7 Å². The Balaban J connectivity index is 1.88. The van der Waals surface area contributed by atoms with Crippen molar-refractivity contribution in [3.63, 3.8) is 0 Å². The normalized spacial score (nSPS) is 10.8. The molecule has 156 valence electrons. The molecule has 5 nitrogen and oxygen atoms in total. The summed E-state index contributed by atoms with van der Waals surface area (Å²) < 4.78 is 2.02. The predicted octanol–water partition coefficient (Wildman–Crippen LogP) is 5.16. The Hall–Kier alpha value is -2.57. The first-order valence-corrected chi connectivity index (χ1v) is 11.1. The van der Waals surface area contributed by atoms with Crippen LogP contribution in [0.2, 0.25) is 5.02 Å². The third kappa shape index (κ3) is 5.52. The molecule has 1 aromatic heterocycles. The van der Waals surface area contributed by atoms with Gasteiger partial charge in [-0.15, -0.1) is 10.2 Å². The first-order chi connectivity index (χ1) is 14.5. The van der Waals surface area contributed by atoms with Gasteiger partial charge in [-0.3, -0.25) is 9.36 Å². The van der Waals surface area contributed by atoms with Crippen LogP contribution in [0, 0.1) is 0 Å². The summed E-state index contributed by atoms with van der Waals surface area (Å²) in [5, 5.41) is 10.1. The lowest BCUT2D eigenvalue weighted by Gasteiger charge is -2.20. The summed E-state index contributed by atoms with van der Waals surface area (Å²) in [6.45, 7) is 9.61. The van der Waals surface area contributed by atoms with Gasteiger partial charge >= 0.3 is 0 Å². The first-order valence-electron chi connectivity index (χ1n) is 9.76. The molecular formula is C23H25ClN4OS. The zero-order valence-corrected chi connectivity index (χ0v) is 18.8. The van der Waals surface area contributed by atoms with Crippen LogP contribution in [-0.4, -0.2) is 44.4 Å². The van der Waals surface area contributed by atoms with Crippen LogP contribution in [-0.2, 0) is 11.3 Å². The fourth-order valence-electron chi connectivity index (χ4n) is 3.07. The smallest absolute Gasteiger partial charge is 0.233 e. The fourth-order valence-corrected chi connectivity index (χ4v) is 4.13. The molecule has 0 aliphatic rings. The van der Waals surface area contributed by atoms with Gasteiger partial charge < -0.3 is 4.90 Å². The highest BCUT2D eigenvalue weighted by atomic mass is 35.5. The molecule has 0 aliphatic carbocycles. The number of carbonyl (C=O) groups is 1. The van der Waals surface area contributed by atoms with Gasteiger partial charge in [-0.25, -0.2) is 0 Å². The number of hydrogen-bond donors (Lipinski definition) is 0. The van der Waals surface area contributed by atoms with E-state index in [0.717, 1.165) is 16.7 Å². The molecule has 0 bridgehead atoms. The number of aromatic nitrogens is 3. The number of carbonyl (C=O) groups excluding carboxylic acids is 1. The zero-order chi connectivity index (χ0) is 21.5. The Bertz CT molecular complexity index is 1020. The van der Waals surface area contributed by atoms with Crippen molar-refractivity contribution < 1.29 is 4.79 Å². The van der Waals surface area contributed by atoms with Gasteiger partial charge in [0.05, 0.1) is 17.3 Å². The summed E-state index contributed by atoms with van der Waals surface area (Å²) in [5.74, 6) is 1.03. The summed E-state index contributed by atoms with van der Waals surface area (Å²) in [5.41, 5.74) is 2.90. The van der Waals surface area contributed by atoms with Gasteiger partial charge in [-0.1, -0.05) is 78.0 Å². The molecule has 0 aliphatic heterocycles. The molecule has 0 spiro atoms. The van der Waals surface area contributed by atoms with Crippen molar-refractivity contribution in [2.45, 2.75) is 25.5 Å². The van der Waals surface area contributed by atoms with E-state index < -0.39 is 0 Å². The Labute approximate surface area is 186 Å². The van der Waals surface area contributed by atoms with Crippen molar-refractivity contribution in [3.8, 4) is 11.4 Å². The second-order valence-corrected chi connectivity index (χ2v) is 8.36. The van der Waals surface area contributed by atoms with E-state index in [1.54, 1.807) is 4.90 Å². The Morgan fingerprint density at radius 3 is 2.50 bits per heavy atom. The Kier molecular flexibility index (Phi) is 7.71.